The Morgan fingerprint density at radius 2 is 2.33 bits per heavy atom. The molecule has 0 aromatic carbocycles. The monoisotopic (exact) mass is 249 g/mol. The molecule has 18 heavy (non-hydrogen) atoms. The fourth-order valence-electron chi connectivity index (χ4n) is 3.13. The molecule has 0 aliphatic carbocycles. The summed E-state index contributed by atoms with van der Waals surface area (Å²) in [4.78, 5) is 14.5. The smallest absolute Gasteiger partial charge is 0.273 e. The molecule has 3 rings (SSSR count). The number of aryl methyl sites for hydroxylation is 1. The normalized spacial score (nSPS) is 28.1. The summed E-state index contributed by atoms with van der Waals surface area (Å²) >= 11 is 0. The van der Waals surface area contributed by atoms with Gasteiger partial charge in [0.2, 0.25) is 0 Å². The first kappa shape index (κ1) is 11.7. The summed E-state index contributed by atoms with van der Waals surface area (Å²) in [5.74, 6) is 0.565. The van der Waals surface area contributed by atoms with E-state index in [4.69, 9.17) is 4.52 Å². The van der Waals surface area contributed by atoms with Gasteiger partial charge in [-0.2, -0.15) is 0 Å². The van der Waals surface area contributed by atoms with E-state index in [1.54, 1.807) is 13.0 Å². The molecule has 5 heteroatoms. The lowest BCUT2D eigenvalue weighted by Crippen LogP contribution is -2.46. The summed E-state index contributed by atoms with van der Waals surface area (Å²) in [5, 5.41) is 6.87. The maximum Gasteiger partial charge on any atom is 0.273 e. The zero-order chi connectivity index (χ0) is 12.5. The van der Waals surface area contributed by atoms with Crippen molar-refractivity contribution in [1.82, 2.24) is 15.4 Å². The number of nitrogens with zero attached hydrogens (tertiary/aromatic N) is 2. The van der Waals surface area contributed by atoms with Crippen LogP contribution >= 0.6 is 0 Å². The average molecular weight is 249 g/mol. The van der Waals surface area contributed by atoms with Gasteiger partial charge in [-0.25, -0.2) is 0 Å². The predicted molar refractivity (Wildman–Crippen MR) is 66.3 cm³/mol. The van der Waals surface area contributed by atoms with Gasteiger partial charge in [-0.3, -0.25) is 9.69 Å². The van der Waals surface area contributed by atoms with Crippen molar-refractivity contribution in [3.8, 4) is 0 Å². The van der Waals surface area contributed by atoms with E-state index in [0.29, 0.717) is 17.5 Å². The van der Waals surface area contributed by atoms with Crippen molar-refractivity contribution in [3.63, 3.8) is 0 Å². The molecule has 98 valence electrons. The standard InChI is InChI=1S/C13H19N3O2/c1-9-8-11(15-18-9)13(17)14-10-5-7-16-6-3-2-4-12(10)16/h8,10,12H,2-7H2,1H3,(H,14,17). The van der Waals surface area contributed by atoms with Crippen LogP contribution in [0.3, 0.4) is 0 Å². The summed E-state index contributed by atoms with van der Waals surface area (Å²) in [6.07, 6.45) is 4.81. The molecule has 2 saturated heterocycles. The van der Waals surface area contributed by atoms with Gasteiger partial charge in [0.1, 0.15) is 5.76 Å². The molecule has 1 aromatic rings. The van der Waals surface area contributed by atoms with Gasteiger partial charge >= 0.3 is 0 Å². The van der Waals surface area contributed by atoms with Crippen molar-refractivity contribution in [2.75, 3.05) is 13.1 Å². The summed E-state index contributed by atoms with van der Waals surface area (Å²) in [7, 11) is 0. The Morgan fingerprint density at radius 1 is 1.44 bits per heavy atom. The van der Waals surface area contributed by atoms with Crippen LogP contribution in [0.4, 0.5) is 0 Å². The summed E-state index contributed by atoms with van der Waals surface area (Å²) in [6.45, 7) is 4.08. The highest BCUT2D eigenvalue weighted by molar-refractivity contribution is 5.92. The maximum absolute atomic E-state index is 12.0. The third kappa shape index (κ3) is 2.14. The van der Waals surface area contributed by atoms with Crippen LogP contribution in [0.15, 0.2) is 10.6 Å². The number of aromatic nitrogens is 1. The van der Waals surface area contributed by atoms with Crippen molar-refractivity contribution >= 4 is 5.91 Å². The third-order valence-electron chi connectivity index (χ3n) is 4.03. The number of carbonyl (C=O) groups excluding carboxylic acids is 1. The number of rotatable bonds is 2. The molecule has 5 nitrogen and oxygen atoms in total. The van der Waals surface area contributed by atoms with E-state index in [-0.39, 0.29) is 11.9 Å². The van der Waals surface area contributed by atoms with Crippen LogP contribution in [0.2, 0.25) is 0 Å². The molecule has 2 fully saturated rings. The van der Waals surface area contributed by atoms with Crippen molar-refractivity contribution < 1.29 is 9.32 Å². The Kier molecular flexibility index (Phi) is 3.07. The van der Waals surface area contributed by atoms with Gasteiger partial charge in [-0.15, -0.1) is 0 Å². The largest absolute Gasteiger partial charge is 0.361 e. The summed E-state index contributed by atoms with van der Waals surface area (Å²) in [6, 6.07) is 2.48. The Morgan fingerprint density at radius 3 is 3.11 bits per heavy atom. The van der Waals surface area contributed by atoms with E-state index in [0.717, 1.165) is 13.0 Å². The Bertz CT molecular complexity index is 443. The first-order valence-electron chi connectivity index (χ1n) is 6.72. The van der Waals surface area contributed by atoms with Crippen LogP contribution in [-0.4, -0.2) is 41.1 Å². The van der Waals surface area contributed by atoms with Gasteiger partial charge in [0.05, 0.1) is 0 Å². The molecular weight excluding hydrogens is 230 g/mol. The van der Waals surface area contributed by atoms with Crippen molar-refractivity contribution in [2.45, 2.75) is 44.7 Å². The van der Waals surface area contributed by atoms with Crippen molar-refractivity contribution in [3.05, 3.63) is 17.5 Å². The van der Waals surface area contributed by atoms with Gasteiger partial charge in [0.25, 0.3) is 5.91 Å². The summed E-state index contributed by atoms with van der Waals surface area (Å²) in [5.41, 5.74) is 0.391. The highest BCUT2D eigenvalue weighted by atomic mass is 16.5. The average Bonchev–Trinajstić information content (AvgIpc) is 2.97. The zero-order valence-corrected chi connectivity index (χ0v) is 10.7. The predicted octanol–water partition coefficient (Wildman–Crippen LogP) is 1.34. The molecule has 2 unspecified atom stereocenters. The molecule has 0 bridgehead atoms. The molecule has 0 radical (unpaired) electrons. The molecule has 1 N–H and O–H groups in total. The highest BCUT2D eigenvalue weighted by Crippen LogP contribution is 2.27. The second kappa shape index (κ2) is 4.72. The van der Waals surface area contributed by atoms with Crippen LogP contribution in [0.5, 0.6) is 0 Å². The van der Waals surface area contributed by atoms with Gasteiger partial charge < -0.3 is 9.84 Å². The van der Waals surface area contributed by atoms with Crippen LogP contribution in [0.25, 0.3) is 0 Å². The number of fused-ring (bicyclic) bond motifs is 1. The summed E-state index contributed by atoms with van der Waals surface area (Å²) < 4.78 is 4.94. The second-order valence-electron chi connectivity index (χ2n) is 5.29. The minimum Gasteiger partial charge on any atom is -0.361 e. The highest BCUT2D eigenvalue weighted by Gasteiger charge is 2.36. The second-order valence-corrected chi connectivity index (χ2v) is 5.29. The van der Waals surface area contributed by atoms with Crippen LogP contribution in [-0.2, 0) is 0 Å². The number of hydrogen-bond donors (Lipinski definition) is 1. The van der Waals surface area contributed by atoms with Crippen LogP contribution in [0, 0.1) is 6.92 Å². The third-order valence-corrected chi connectivity index (χ3v) is 4.03. The molecule has 1 aromatic heterocycles. The fraction of sp³-hybridized carbons (Fsp3) is 0.692. The molecule has 0 saturated carbocycles. The molecule has 2 aliphatic rings. The van der Waals surface area contributed by atoms with Gasteiger partial charge in [0.15, 0.2) is 5.69 Å². The van der Waals surface area contributed by atoms with Crippen LogP contribution < -0.4 is 5.32 Å². The number of nitrogens with one attached hydrogen (secondary N) is 1. The Hall–Kier alpha value is -1.36. The number of amides is 1. The van der Waals surface area contributed by atoms with Crippen molar-refractivity contribution in [2.24, 2.45) is 0 Å². The van der Waals surface area contributed by atoms with E-state index in [2.05, 4.69) is 15.4 Å². The van der Waals surface area contributed by atoms with E-state index in [9.17, 15) is 4.79 Å². The molecule has 1 amide bonds. The lowest BCUT2D eigenvalue weighted by Gasteiger charge is -2.32. The Balaban J connectivity index is 1.64. The van der Waals surface area contributed by atoms with E-state index >= 15 is 0 Å². The number of piperidine rings is 1. The van der Waals surface area contributed by atoms with E-state index in [1.165, 1.54) is 25.8 Å². The van der Waals surface area contributed by atoms with E-state index < -0.39 is 0 Å². The van der Waals surface area contributed by atoms with Crippen molar-refractivity contribution in [1.29, 1.82) is 0 Å². The molecule has 0 spiro atoms. The molecule has 2 aliphatic heterocycles. The zero-order valence-electron chi connectivity index (χ0n) is 10.7. The molecule has 3 heterocycles. The first-order valence-corrected chi connectivity index (χ1v) is 6.72. The van der Waals surface area contributed by atoms with Gasteiger partial charge in [0, 0.05) is 24.7 Å². The van der Waals surface area contributed by atoms with Gasteiger partial charge in [-0.1, -0.05) is 11.6 Å². The van der Waals surface area contributed by atoms with E-state index in [1.807, 2.05) is 0 Å². The number of hydrogen-bond acceptors (Lipinski definition) is 4. The lowest BCUT2D eigenvalue weighted by atomic mass is 9.99. The van der Waals surface area contributed by atoms with Gasteiger partial charge in [-0.05, 0) is 32.7 Å². The quantitative estimate of drug-likeness (QED) is 0.859. The molecular formula is C13H19N3O2. The Labute approximate surface area is 107 Å². The minimum atomic E-state index is -0.107. The molecule has 2 atom stereocenters. The van der Waals surface area contributed by atoms with Crippen LogP contribution in [0.1, 0.15) is 41.9 Å². The minimum absolute atomic E-state index is 0.107. The SMILES string of the molecule is Cc1cc(C(=O)NC2CCN3CCCCC23)no1. The first-order chi connectivity index (χ1) is 8.74. The lowest BCUT2D eigenvalue weighted by molar-refractivity contribution is 0.0906. The topological polar surface area (TPSA) is 58.4 Å². The number of carbonyl (C=O) groups is 1. The fourth-order valence-corrected chi connectivity index (χ4v) is 3.13. The maximum atomic E-state index is 12.0.